The Bertz CT molecular complexity index is 717. The summed E-state index contributed by atoms with van der Waals surface area (Å²) in [5, 5.41) is 1.08. The summed E-state index contributed by atoms with van der Waals surface area (Å²) in [6.07, 6.45) is 1.78. The lowest BCUT2D eigenvalue weighted by atomic mass is 10.2. The number of rotatable bonds is 5. The van der Waals surface area contributed by atoms with Crippen LogP contribution in [0.3, 0.4) is 0 Å². The molecule has 0 saturated heterocycles. The molecule has 106 valence electrons. The van der Waals surface area contributed by atoms with Crippen molar-refractivity contribution in [1.29, 1.82) is 0 Å². The molecular formula is C18H17NO2. The van der Waals surface area contributed by atoms with Gasteiger partial charge in [-0.15, -0.1) is 0 Å². The summed E-state index contributed by atoms with van der Waals surface area (Å²) in [6, 6.07) is 17.9. The van der Waals surface area contributed by atoms with Crippen LogP contribution in [0.2, 0.25) is 0 Å². The first-order valence-electron chi connectivity index (χ1n) is 6.99. The summed E-state index contributed by atoms with van der Waals surface area (Å²) in [7, 11) is 0. The number of nitrogens with zero attached hydrogens (tertiary/aromatic N) is 1. The molecule has 3 heteroatoms. The van der Waals surface area contributed by atoms with Gasteiger partial charge >= 0.3 is 0 Å². The summed E-state index contributed by atoms with van der Waals surface area (Å²) in [5.74, 6) is 1.65. The fraction of sp³-hybridized carbons (Fsp3) is 0.167. The van der Waals surface area contributed by atoms with Crippen LogP contribution in [0.25, 0.3) is 10.9 Å². The van der Waals surface area contributed by atoms with Gasteiger partial charge in [-0.25, -0.2) is 0 Å². The number of aromatic nitrogens is 1. The van der Waals surface area contributed by atoms with Gasteiger partial charge in [0.2, 0.25) is 0 Å². The number of pyridine rings is 1. The van der Waals surface area contributed by atoms with E-state index in [1.807, 2.05) is 54.6 Å². The predicted octanol–water partition coefficient (Wildman–Crippen LogP) is 4.00. The molecule has 0 N–H and O–H groups in total. The average molecular weight is 279 g/mol. The number of para-hydroxylation sites is 1. The second-order valence-corrected chi connectivity index (χ2v) is 4.84. The van der Waals surface area contributed by atoms with E-state index in [1.54, 1.807) is 6.20 Å². The summed E-state index contributed by atoms with van der Waals surface area (Å²) in [6.45, 7) is 3.05. The molecule has 0 saturated carbocycles. The fourth-order valence-electron chi connectivity index (χ4n) is 2.14. The molecule has 1 aromatic heterocycles. The molecule has 0 unspecified atom stereocenters. The SMILES string of the molecule is Cc1ccc(OCCOc2cccc3cccnc23)cc1. The predicted molar refractivity (Wildman–Crippen MR) is 83.9 cm³/mol. The van der Waals surface area contributed by atoms with E-state index in [1.165, 1.54) is 5.56 Å². The van der Waals surface area contributed by atoms with Gasteiger partial charge in [-0.2, -0.15) is 0 Å². The molecule has 3 aromatic rings. The van der Waals surface area contributed by atoms with Crippen LogP contribution < -0.4 is 9.47 Å². The number of hydrogen-bond donors (Lipinski definition) is 0. The summed E-state index contributed by atoms with van der Waals surface area (Å²) < 4.78 is 11.4. The van der Waals surface area contributed by atoms with E-state index in [2.05, 4.69) is 11.9 Å². The zero-order valence-electron chi connectivity index (χ0n) is 12.0. The first kappa shape index (κ1) is 13.4. The Labute approximate surface area is 124 Å². The molecule has 3 nitrogen and oxygen atoms in total. The second-order valence-electron chi connectivity index (χ2n) is 4.84. The van der Waals surface area contributed by atoms with Gasteiger partial charge < -0.3 is 9.47 Å². The maximum absolute atomic E-state index is 5.78. The molecule has 0 fully saturated rings. The molecule has 21 heavy (non-hydrogen) atoms. The highest BCUT2D eigenvalue weighted by Crippen LogP contribution is 2.22. The largest absolute Gasteiger partial charge is 0.490 e. The fourth-order valence-corrected chi connectivity index (χ4v) is 2.14. The van der Waals surface area contributed by atoms with Crippen molar-refractivity contribution >= 4 is 10.9 Å². The quantitative estimate of drug-likeness (QED) is 0.661. The van der Waals surface area contributed by atoms with Crippen molar-refractivity contribution in [3.63, 3.8) is 0 Å². The first-order chi connectivity index (χ1) is 10.3. The topological polar surface area (TPSA) is 31.4 Å². The van der Waals surface area contributed by atoms with Crippen LogP contribution in [-0.2, 0) is 0 Å². The van der Waals surface area contributed by atoms with Crippen LogP contribution in [0.1, 0.15) is 5.56 Å². The van der Waals surface area contributed by atoms with E-state index in [4.69, 9.17) is 9.47 Å². The Balaban J connectivity index is 1.58. The van der Waals surface area contributed by atoms with E-state index in [-0.39, 0.29) is 0 Å². The molecule has 0 aliphatic carbocycles. The van der Waals surface area contributed by atoms with E-state index in [9.17, 15) is 0 Å². The molecular weight excluding hydrogens is 262 g/mol. The van der Waals surface area contributed by atoms with Crippen LogP contribution in [0.5, 0.6) is 11.5 Å². The van der Waals surface area contributed by atoms with Crippen molar-refractivity contribution in [3.8, 4) is 11.5 Å². The average Bonchev–Trinajstić information content (AvgIpc) is 2.53. The van der Waals surface area contributed by atoms with Crippen molar-refractivity contribution in [1.82, 2.24) is 4.98 Å². The maximum Gasteiger partial charge on any atom is 0.145 e. The Morgan fingerprint density at radius 3 is 2.48 bits per heavy atom. The lowest BCUT2D eigenvalue weighted by Gasteiger charge is -2.10. The number of ether oxygens (including phenoxy) is 2. The Hall–Kier alpha value is -2.55. The van der Waals surface area contributed by atoms with Crippen LogP contribution >= 0.6 is 0 Å². The van der Waals surface area contributed by atoms with Gasteiger partial charge in [-0.3, -0.25) is 4.98 Å². The van der Waals surface area contributed by atoms with E-state index in [0.29, 0.717) is 13.2 Å². The molecule has 0 amide bonds. The van der Waals surface area contributed by atoms with Crippen molar-refractivity contribution in [2.45, 2.75) is 6.92 Å². The molecule has 0 aliphatic rings. The maximum atomic E-state index is 5.78. The van der Waals surface area contributed by atoms with Crippen LogP contribution in [0, 0.1) is 6.92 Å². The Kier molecular flexibility index (Phi) is 4.01. The lowest BCUT2D eigenvalue weighted by molar-refractivity contribution is 0.218. The monoisotopic (exact) mass is 279 g/mol. The summed E-state index contributed by atoms with van der Waals surface area (Å²) >= 11 is 0. The highest BCUT2D eigenvalue weighted by molar-refractivity contribution is 5.84. The van der Waals surface area contributed by atoms with Gasteiger partial charge in [0.15, 0.2) is 0 Å². The van der Waals surface area contributed by atoms with E-state index >= 15 is 0 Å². The zero-order valence-corrected chi connectivity index (χ0v) is 12.0. The van der Waals surface area contributed by atoms with Gasteiger partial charge in [-0.1, -0.05) is 35.9 Å². The zero-order chi connectivity index (χ0) is 14.5. The third-order valence-corrected chi connectivity index (χ3v) is 3.23. The molecule has 0 radical (unpaired) electrons. The molecule has 0 aliphatic heterocycles. The van der Waals surface area contributed by atoms with Crippen LogP contribution in [0.15, 0.2) is 60.8 Å². The molecule has 0 bridgehead atoms. The molecule has 3 rings (SSSR count). The minimum absolute atomic E-state index is 0.490. The smallest absolute Gasteiger partial charge is 0.145 e. The summed E-state index contributed by atoms with van der Waals surface area (Å²) in [4.78, 5) is 4.36. The van der Waals surface area contributed by atoms with Crippen LogP contribution in [0.4, 0.5) is 0 Å². The second kappa shape index (κ2) is 6.27. The number of aryl methyl sites for hydroxylation is 1. The number of hydrogen-bond acceptors (Lipinski definition) is 3. The number of fused-ring (bicyclic) bond motifs is 1. The third kappa shape index (κ3) is 3.31. The lowest BCUT2D eigenvalue weighted by Crippen LogP contribution is -2.09. The van der Waals surface area contributed by atoms with E-state index < -0.39 is 0 Å². The third-order valence-electron chi connectivity index (χ3n) is 3.23. The minimum atomic E-state index is 0.490. The van der Waals surface area contributed by atoms with E-state index in [0.717, 1.165) is 22.4 Å². The minimum Gasteiger partial charge on any atom is -0.490 e. The van der Waals surface area contributed by atoms with Gasteiger partial charge in [0.1, 0.15) is 30.2 Å². The highest BCUT2D eigenvalue weighted by atomic mass is 16.5. The Morgan fingerprint density at radius 2 is 1.62 bits per heavy atom. The van der Waals surface area contributed by atoms with Gasteiger partial charge in [0.05, 0.1) is 0 Å². The molecule has 2 aromatic carbocycles. The molecule has 0 atom stereocenters. The normalized spacial score (nSPS) is 10.5. The molecule has 1 heterocycles. The Morgan fingerprint density at radius 1 is 0.857 bits per heavy atom. The van der Waals surface area contributed by atoms with Crippen molar-refractivity contribution in [3.05, 3.63) is 66.4 Å². The van der Waals surface area contributed by atoms with Gasteiger partial charge in [0.25, 0.3) is 0 Å². The van der Waals surface area contributed by atoms with Crippen molar-refractivity contribution in [2.75, 3.05) is 13.2 Å². The standard InChI is InChI=1S/C18H17NO2/c1-14-7-9-16(10-8-14)20-12-13-21-17-6-2-4-15-5-3-11-19-18(15)17/h2-11H,12-13H2,1H3. The van der Waals surface area contributed by atoms with Crippen molar-refractivity contribution in [2.24, 2.45) is 0 Å². The number of benzene rings is 2. The molecule has 0 spiro atoms. The van der Waals surface area contributed by atoms with Gasteiger partial charge in [-0.05, 0) is 31.2 Å². The highest BCUT2D eigenvalue weighted by Gasteiger charge is 2.02. The van der Waals surface area contributed by atoms with Crippen LogP contribution in [-0.4, -0.2) is 18.2 Å². The van der Waals surface area contributed by atoms with Crippen molar-refractivity contribution < 1.29 is 9.47 Å². The van der Waals surface area contributed by atoms with Gasteiger partial charge in [0, 0.05) is 11.6 Å². The first-order valence-corrected chi connectivity index (χ1v) is 6.99. The summed E-state index contributed by atoms with van der Waals surface area (Å²) in [5.41, 5.74) is 2.11.